The van der Waals surface area contributed by atoms with Crippen molar-refractivity contribution in [1.29, 1.82) is 0 Å². The summed E-state index contributed by atoms with van der Waals surface area (Å²) >= 11 is 0. The molecule has 5 bridgehead atoms. The fourth-order valence-corrected chi connectivity index (χ4v) is 7.88. The lowest BCUT2D eigenvalue weighted by atomic mass is 9.62. The Morgan fingerprint density at radius 2 is 2.00 bits per heavy atom. The Hall–Kier alpha value is -1.10. The molecule has 7 rings (SSSR count). The molecule has 4 heteroatoms. The third-order valence-electron chi connectivity index (χ3n) is 8.46. The van der Waals surface area contributed by atoms with Crippen LogP contribution >= 0.6 is 0 Å². The number of fused-ring (bicyclic) bond motifs is 2. The lowest BCUT2D eigenvalue weighted by Gasteiger charge is -2.62. The highest BCUT2D eigenvalue weighted by atomic mass is 16.3. The largest absolute Gasteiger partial charge is 0.392 e. The van der Waals surface area contributed by atoms with Gasteiger partial charge in [-0.15, -0.1) is 0 Å². The maximum absolute atomic E-state index is 11.6. The Balaban J connectivity index is 1.60. The average Bonchev–Trinajstić information content (AvgIpc) is 2.97. The van der Waals surface area contributed by atoms with Crippen molar-refractivity contribution >= 4 is 5.69 Å². The predicted octanol–water partition coefficient (Wildman–Crippen LogP) is 1.55. The van der Waals surface area contributed by atoms with Gasteiger partial charge in [-0.05, 0) is 36.8 Å². The second kappa shape index (κ2) is 4.17. The van der Waals surface area contributed by atoms with Gasteiger partial charge in [0.1, 0.15) is 6.23 Å². The molecule has 1 aromatic rings. The van der Waals surface area contributed by atoms with Crippen LogP contribution in [0.5, 0.6) is 0 Å². The maximum atomic E-state index is 11.6. The Morgan fingerprint density at radius 3 is 2.79 bits per heavy atom. The zero-order valence-electron chi connectivity index (χ0n) is 14.3. The highest BCUT2D eigenvalue weighted by molar-refractivity contribution is 5.67. The topological polar surface area (TPSA) is 46.9 Å². The second-order valence-electron chi connectivity index (χ2n) is 8.81. The van der Waals surface area contributed by atoms with Gasteiger partial charge in [0.05, 0.1) is 12.1 Å². The van der Waals surface area contributed by atoms with Crippen molar-refractivity contribution in [2.45, 2.75) is 62.1 Å². The van der Waals surface area contributed by atoms with E-state index in [1.807, 2.05) is 0 Å². The van der Waals surface area contributed by atoms with Crippen LogP contribution in [0.2, 0.25) is 0 Å². The van der Waals surface area contributed by atoms with Crippen molar-refractivity contribution in [3.8, 4) is 0 Å². The first-order valence-corrected chi connectivity index (χ1v) is 9.57. The number of para-hydroxylation sites is 1. The second-order valence-corrected chi connectivity index (χ2v) is 8.81. The van der Waals surface area contributed by atoms with E-state index in [1.165, 1.54) is 11.3 Å². The van der Waals surface area contributed by atoms with Crippen molar-refractivity contribution < 1.29 is 10.2 Å². The molecule has 128 valence electrons. The standard InChI is InChI=1S/C20H26N2O2/c1-3-10-11-8-14-17-20(12-6-4-5-7-13(12)21(17)2)9-15(16(11)18(20)23)22(14)19(10)24/h4-7,10-11,14-19,23-24H,3,8-9H2,1-2H3/t10-,11+,14+,15-,16+,17+,18-,19+,20+/m0/s1. The Labute approximate surface area is 143 Å². The third-order valence-corrected chi connectivity index (χ3v) is 8.46. The van der Waals surface area contributed by atoms with Gasteiger partial charge in [0.15, 0.2) is 0 Å². The number of piperidine rings is 4. The van der Waals surface area contributed by atoms with Crippen LogP contribution in [-0.2, 0) is 5.41 Å². The number of likely N-dealkylation sites (N-methyl/N-ethyl adjacent to an activating group) is 1. The van der Waals surface area contributed by atoms with E-state index in [4.69, 9.17) is 0 Å². The summed E-state index contributed by atoms with van der Waals surface area (Å²) in [5.74, 6) is 1.14. The average molecular weight is 326 g/mol. The number of hydrogen-bond donors (Lipinski definition) is 2. The van der Waals surface area contributed by atoms with Crippen molar-refractivity contribution in [3.63, 3.8) is 0 Å². The van der Waals surface area contributed by atoms with Gasteiger partial charge in [-0.25, -0.2) is 0 Å². The zero-order chi connectivity index (χ0) is 16.4. The highest BCUT2D eigenvalue weighted by Gasteiger charge is 2.76. The van der Waals surface area contributed by atoms with E-state index in [0.29, 0.717) is 35.9 Å². The van der Waals surface area contributed by atoms with E-state index in [9.17, 15) is 10.2 Å². The summed E-state index contributed by atoms with van der Waals surface area (Å²) < 4.78 is 0. The van der Waals surface area contributed by atoms with E-state index in [2.05, 4.69) is 48.0 Å². The SMILES string of the molecule is CC[C@H]1[C@H]2C[C@@H]3[C@H]4N(C)c5ccccc5[C@]45C[C@@H]([C@@H]2[C@@H]5O)N3[C@@H]1O. The van der Waals surface area contributed by atoms with Crippen LogP contribution in [0.3, 0.4) is 0 Å². The molecule has 5 heterocycles. The minimum atomic E-state index is -0.319. The number of hydrogen-bond acceptors (Lipinski definition) is 4. The molecule has 2 N–H and O–H groups in total. The van der Waals surface area contributed by atoms with Gasteiger partial charge in [-0.3, -0.25) is 4.90 Å². The number of nitrogens with zero attached hydrogens (tertiary/aromatic N) is 2. The quantitative estimate of drug-likeness (QED) is 0.822. The van der Waals surface area contributed by atoms with Crippen LogP contribution in [-0.4, -0.2) is 52.6 Å². The van der Waals surface area contributed by atoms with E-state index >= 15 is 0 Å². The van der Waals surface area contributed by atoms with E-state index in [1.54, 1.807) is 0 Å². The molecular formula is C20H26N2O2. The fraction of sp³-hybridized carbons (Fsp3) is 0.700. The smallest absolute Gasteiger partial charge is 0.111 e. The summed E-state index contributed by atoms with van der Waals surface area (Å²) in [5.41, 5.74) is 2.51. The monoisotopic (exact) mass is 326 g/mol. The van der Waals surface area contributed by atoms with Gasteiger partial charge in [0.2, 0.25) is 0 Å². The molecule has 1 spiro atoms. The molecule has 4 nitrogen and oxygen atoms in total. The Kier molecular flexibility index (Phi) is 2.45. The lowest BCUT2D eigenvalue weighted by molar-refractivity contribution is -0.211. The summed E-state index contributed by atoms with van der Waals surface area (Å²) in [5, 5.41) is 22.6. The van der Waals surface area contributed by atoms with Gasteiger partial charge < -0.3 is 15.1 Å². The first kappa shape index (κ1) is 14.1. The first-order valence-electron chi connectivity index (χ1n) is 9.57. The molecule has 1 unspecified atom stereocenters. The van der Waals surface area contributed by atoms with E-state index in [-0.39, 0.29) is 17.7 Å². The first-order chi connectivity index (χ1) is 11.6. The zero-order valence-corrected chi connectivity index (χ0v) is 14.3. The summed E-state index contributed by atoms with van der Waals surface area (Å²) in [6.07, 6.45) is 2.56. The van der Waals surface area contributed by atoms with Gasteiger partial charge >= 0.3 is 0 Å². The highest BCUT2D eigenvalue weighted by Crippen LogP contribution is 2.68. The van der Waals surface area contributed by atoms with Gasteiger partial charge in [-0.2, -0.15) is 0 Å². The van der Waals surface area contributed by atoms with Gasteiger partial charge in [-0.1, -0.05) is 25.1 Å². The minimum absolute atomic E-state index is 0.126. The van der Waals surface area contributed by atoms with Gasteiger partial charge in [0.25, 0.3) is 0 Å². The van der Waals surface area contributed by atoms with Crippen LogP contribution in [0.25, 0.3) is 0 Å². The Morgan fingerprint density at radius 1 is 1.21 bits per heavy atom. The molecule has 0 aromatic heterocycles. The molecule has 5 aliphatic heterocycles. The predicted molar refractivity (Wildman–Crippen MR) is 91.7 cm³/mol. The van der Waals surface area contributed by atoms with E-state index in [0.717, 1.165) is 19.3 Å². The number of aliphatic hydroxyl groups is 2. The van der Waals surface area contributed by atoms with Crippen LogP contribution < -0.4 is 4.90 Å². The molecule has 1 saturated carbocycles. The van der Waals surface area contributed by atoms with Crippen LogP contribution in [0.1, 0.15) is 31.7 Å². The molecule has 0 amide bonds. The molecule has 1 aromatic carbocycles. The van der Waals surface area contributed by atoms with Gasteiger partial charge in [0, 0.05) is 42.1 Å². The number of benzene rings is 1. The van der Waals surface area contributed by atoms with Crippen molar-refractivity contribution in [2.24, 2.45) is 17.8 Å². The summed E-state index contributed by atoms with van der Waals surface area (Å²) in [6.45, 7) is 2.19. The molecule has 0 radical (unpaired) electrons. The molecular weight excluding hydrogens is 300 g/mol. The number of rotatable bonds is 1. The molecule has 4 saturated heterocycles. The van der Waals surface area contributed by atoms with Crippen molar-refractivity contribution in [3.05, 3.63) is 29.8 Å². The molecule has 1 aliphatic carbocycles. The lowest BCUT2D eigenvalue weighted by Crippen LogP contribution is -2.72. The Bertz CT molecular complexity index is 723. The minimum Gasteiger partial charge on any atom is -0.392 e. The molecule has 6 aliphatic rings. The summed E-state index contributed by atoms with van der Waals surface area (Å²) in [7, 11) is 2.19. The maximum Gasteiger partial charge on any atom is 0.111 e. The summed E-state index contributed by atoms with van der Waals surface area (Å²) in [6, 6.07) is 9.70. The number of anilines is 1. The van der Waals surface area contributed by atoms with Crippen molar-refractivity contribution in [1.82, 2.24) is 4.90 Å². The van der Waals surface area contributed by atoms with E-state index < -0.39 is 0 Å². The normalized spacial score (nSPS) is 55.8. The van der Waals surface area contributed by atoms with Crippen LogP contribution in [0.4, 0.5) is 5.69 Å². The van der Waals surface area contributed by atoms with Crippen molar-refractivity contribution in [2.75, 3.05) is 11.9 Å². The number of aliphatic hydroxyl groups excluding tert-OH is 2. The molecule has 5 fully saturated rings. The molecule has 10 atom stereocenters. The van der Waals surface area contributed by atoms with Crippen LogP contribution in [0, 0.1) is 17.8 Å². The summed E-state index contributed by atoms with van der Waals surface area (Å²) in [4.78, 5) is 4.83. The fourth-order valence-electron chi connectivity index (χ4n) is 7.88. The molecule has 24 heavy (non-hydrogen) atoms. The third kappa shape index (κ3) is 1.20. The van der Waals surface area contributed by atoms with Crippen LogP contribution in [0.15, 0.2) is 24.3 Å².